The number of carbonyl (C=O) groups is 1. The predicted molar refractivity (Wildman–Crippen MR) is 131 cm³/mol. The summed E-state index contributed by atoms with van der Waals surface area (Å²) in [5.74, 6) is 0.668. The number of anilines is 2. The number of nitrogens with one attached hydrogen (secondary N) is 2. The van der Waals surface area contributed by atoms with Gasteiger partial charge in [-0.15, -0.1) is 5.10 Å². The van der Waals surface area contributed by atoms with Crippen LogP contribution in [0.5, 0.6) is 0 Å². The molecule has 4 rings (SSSR count). The molecule has 0 aliphatic heterocycles. The first-order valence-electron chi connectivity index (χ1n) is 11.1. The van der Waals surface area contributed by atoms with Crippen LogP contribution in [0, 0.1) is 6.92 Å². The molecule has 0 saturated carbocycles. The molecule has 4 aromatic rings. The Hall–Kier alpha value is -4.12. The number of rotatable bonds is 8. The minimum absolute atomic E-state index is 0.214. The number of methoxy groups -OCH3 is 1. The maximum absolute atomic E-state index is 12.8. The van der Waals surface area contributed by atoms with Crippen molar-refractivity contribution in [2.45, 2.75) is 33.1 Å². The SMILES string of the molecule is COCCNc1cncc(-c2cn(-c3cc(C(=O)Nc4cc(C(C)(C)C)on4)cnc3C)nn2)c1. The van der Waals surface area contributed by atoms with Gasteiger partial charge in [0.25, 0.3) is 5.91 Å². The Balaban J connectivity index is 1.53. The van der Waals surface area contributed by atoms with Crippen LogP contribution in [0.25, 0.3) is 16.9 Å². The summed E-state index contributed by atoms with van der Waals surface area (Å²) in [6.45, 7) is 9.11. The average molecular weight is 477 g/mol. The van der Waals surface area contributed by atoms with E-state index in [2.05, 4.69) is 36.1 Å². The molecular weight excluding hydrogens is 448 g/mol. The summed E-state index contributed by atoms with van der Waals surface area (Å²) in [4.78, 5) is 21.5. The molecule has 0 radical (unpaired) electrons. The highest BCUT2D eigenvalue weighted by molar-refractivity contribution is 6.03. The van der Waals surface area contributed by atoms with Crippen molar-refractivity contribution in [2.75, 3.05) is 30.9 Å². The second kappa shape index (κ2) is 10.0. The van der Waals surface area contributed by atoms with E-state index >= 15 is 0 Å². The maximum Gasteiger partial charge on any atom is 0.258 e. The van der Waals surface area contributed by atoms with Crippen molar-refractivity contribution < 1.29 is 14.1 Å². The van der Waals surface area contributed by atoms with Gasteiger partial charge in [0.2, 0.25) is 0 Å². The Morgan fingerprint density at radius 2 is 2.00 bits per heavy atom. The van der Waals surface area contributed by atoms with Gasteiger partial charge in [-0.05, 0) is 19.1 Å². The molecule has 0 aromatic carbocycles. The van der Waals surface area contributed by atoms with Gasteiger partial charge in [-0.25, -0.2) is 4.68 Å². The lowest BCUT2D eigenvalue weighted by molar-refractivity contribution is 0.102. The van der Waals surface area contributed by atoms with E-state index in [1.54, 1.807) is 42.5 Å². The lowest BCUT2D eigenvalue weighted by Crippen LogP contribution is -2.14. The molecular formula is C24H28N8O3. The summed E-state index contributed by atoms with van der Waals surface area (Å²) < 4.78 is 12.0. The Morgan fingerprint density at radius 3 is 2.74 bits per heavy atom. The molecule has 0 bridgehead atoms. The van der Waals surface area contributed by atoms with Crippen LogP contribution < -0.4 is 10.6 Å². The van der Waals surface area contributed by atoms with E-state index < -0.39 is 0 Å². The van der Waals surface area contributed by atoms with Crippen LogP contribution in [0.4, 0.5) is 11.5 Å². The van der Waals surface area contributed by atoms with Gasteiger partial charge in [0.05, 0.1) is 35.4 Å². The molecule has 35 heavy (non-hydrogen) atoms. The Morgan fingerprint density at radius 1 is 1.17 bits per heavy atom. The monoisotopic (exact) mass is 476 g/mol. The van der Waals surface area contributed by atoms with E-state index in [0.29, 0.717) is 47.4 Å². The second-order valence-corrected chi connectivity index (χ2v) is 9.04. The summed E-state index contributed by atoms with van der Waals surface area (Å²) >= 11 is 0. The molecule has 0 saturated heterocycles. The molecule has 4 heterocycles. The largest absolute Gasteiger partial charge is 0.383 e. The first-order valence-corrected chi connectivity index (χ1v) is 11.1. The number of amides is 1. The average Bonchev–Trinajstić information content (AvgIpc) is 3.50. The van der Waals surface area contributed by atoms with Gasteiger partial charge < -0.3 is 19.9 Å². The van der Waals surface area contributed by atoms with Crippen LogP contribution in [0.2, 0.25) is 0 Å². The Bertz CT molecular complexity index is 1320. The summed E-state index contributed by atoms with van der Waals surface area (Å²) in [6, 6.07) is 5.37. The quantitative estimate of drug-likeness (QED) is 0.366. The summed E-state index contributed by atoms with van der Waals surface area (Å²) in [6.07, 6.45) is 6.73. The van der Waals surface area contributed by atoms with Gasteiger partial charge in [-0.3, -0.25) is 14.8 Å². The fraction of sp³-hybridized carbons (Fsp3) is 0.333. The fourth-order valence-corrected chi connectivity index (χ4v) is 3.24. The van der Waals surface area contributed by atoms with Crippen molar-refractivity contribution in [3.63, 3.8) is 0 Å². The highest BCUT2D eigenvalue weighted by atomic mass is 16.5. The maximum atomic E-state index is 12.8. The molecule has 0 unspecified atom stereocenters. The standard InChI is InChI=1S/C24H28N8O3/c1-15-20(9-17(12-27-15)23(33)28-22-10-21(35-30-22)24(2,3)4)32-14-19(29-31-32)16-8-18(13-25-11-16)26-6-7-34-5/h8-14,26H,6-7H2,1-5H3,(H,28,30,33). The van der Waals surface area contributed by atoms with E-state index in [4.69, 9.17) is 9.26 Å². The van der Waals surface area contributed by atoms with Crippen LogP contribution in [0.15, 0.2) is 47.5 Å². The van der Waals surface area contributed by atoms with Gasteiger partial charge in [0.1, 0.15) is 11.5 Å². The third-order valence-electron chi connectivity index (χ3n) is 5.22. The molecule has 0 fully saturated rings. The van der Waals surface area contributed by atoms with Crippen LogP contribution in [-0.2, 0) is 10.2 Å². The molecule has 11 nitrogen and oxygen atoms in total. The lowest BCUT2D eigenvalue weighted by Gasteiger charge is -2.12. The first kappa shape index (κ1) is 24.0. The lowest BCUT2D eigenvalue weighted by atomic mass is 9.93. The van der Waals surface area contributed by atoms with Gasteiger partial charge >= 0.3 is 0 Å². The van der Waals surface area contributed by atoms with E-state index in [-0.39, 0.29) is 11.3 Å². The minimum Gasteiger partial charge on any atom is -0.383 e. The van der Waals surface area contributed by atoms with Crippen LogP contribution in [0.3, 0.4) is 0 Å². The fourth-order valence-electron chi connectivity index (χ4n) is 3.24. The summed E-state index contributed by atoms with van der Waals surface area (Å²) in [7, 11) is 1.65. The van der Waals surface area contributed by atoms with Crippen LogP contribution in [0.1, 0.15) is 42.6 Å². The molecule has 0 aliphatic rings. The number of aryl methyl sites for hydroxylation is 1. The normalized spacial score (nSPS) is 11.5. The van der Waals surface area contributed by atoms with Gasteiger partial charge in [0, 0.05) is 49.3 Å². The van der Waals surface area contributed by atoms with Crippen molar-refractivity contribution in [3.05, 3.63) is 60.0 Å². The number of ether oxygens (including phenoxy) is 1. The van der Waals surface area contributed by atoms with E-state index in [1.807, 2.05) is 33.8 Å². The third-order valence-corrected chi connectivity index (χ3v) is 5.22. The van der Waals surface area contributed by atoms with Crippen LogP contribution >= 0.6 is 0 Å². The molecule has 4 aromatic heterocycles. The second-order valence-electron chi connectivity index (χ2n) is 9.04. The van der Waals surface area contributed by atoms with Crippen LogP contribution in [-0.4, -0.2) is 56.3 Å². The van der Waals surface area contributed by atoms with E-state index in [0.717, 1.165) is 11.3 Å². The highest BCUT2D eigenvalue weighted by Crippen LogP contribution is 2.25. The summed E-state index contributed by atoms with van der Waals surface area (Å²) in [5, 5.41) is 18.5. The van der Waals surface area contributed by atoms with E-state index in [1.165, 1.54) is 6.20 Å². The van der Waals surface area contributed by atoms with Crippen molar-refractivity contribution in [2.24, 2.45) is 0 Å². The van der Waals surface area contributed by atoms with Crippen molar-refractivity contribution in [1.29, 1.82) is 0 Å². The number of pyridine rings is 2. The zero-order chi connectivity index (χ0) is 25.0. The van der Waals surface area contributed by atoms with Gasteiger partial charge in [-0.1, -0.05) is 31.1 Å². The van der Waals surface area contributed by atoms with E-state index in [9.17, 15) is 4.79 Å². The molecule has 1 amide bonds. The first-order chi connectivity index (χ1) is 16.7. The number of carbonyl (C=O) groups excluding carboxylic acids is 1. The van der Waals surface area contributed by atoms with Gasteiger partial charge in [0.15, 0.2) is 5.82 Å². The summed E-state index contributed by atoms with van der Waals surface area (Å²) in [5.41, 5.74) is 3.77. The molecule has 0 aliphatic carbocycles. The molecule has 11 heteroatoms. The zero-order valence-electron chi connectivity index (χ0n) is 20.4. The number of aromatic nitrogens is 6. The molecule has 0 spiro atoms. The van der Waals surface area contributed by atoms with Gasteiger partial charge in [-0.2, -0.15) is 0 Å². The zero-order valence-corrected chi connectivity index (χ0v) is 20.4. The molecule has 0 atom stereocenters. The predicted octanol–water partition coefficient (Wildman–Crippen LogP) is 3.63. The van der Waals surface area contributed by atoms with Crippen molar-refractivity contribution >= 4 is 17.4 Å². The van der Waals surface area contributed by atoms with Crippen molar-refractivity contribution in [1.82, 2.24) is 30.1 Å². The number of hydrogen-bond donors (Lipinski definition) is 2. The topological polar surface area (TPSA) is 133 Å². The smallest absolute Gasteiger partial charge is 0.258 e. The number of nitrogens with zero attached hydrogens (tertiary/aromatic N) is 6. The molecule has 2 N–H and O–H groups in total. The third kappa shape index (κ3) is 5.69. The highest BCUT2D eigenvalue weighted by Gasteiger charge is 2.21. The molecule has 182 valence electrons. The Labute approximate surface area is 202 Å². The minimum atomic E-state index is -0.355. The van der Waals surface area contributed by atoms with Crippen molar-refractivity contribution in [3.8, 4) is 16.9 Å². The Kier molecular flexibility index (Phi) is 6.87. The number of hydrogen-bond acceptors (Lipinski definition) is 9.